The number of halogens is 4. The van der Waals surface area contributed by atoms with E-state index in [-0.39, 0.29) is 71.6 Å². The molecule has 4 saturated carbocycles. The van der Waals surface area contributed by atoms with Crippen LogP contribution >= 0.6 is 0 Å². The maximum Gasteiger partial charge on any atom is 0.431 e. The Bertz CT molecular complexity index is 1170. The van der Waals surface area contributed by atoms with E-state index in [2.05, 4.69) is 11.7 Å². The lowest BCUT2D eigenvalue weighted by molar-refractivity contribution is -0.175. The molecule has 0 saturated heterocycles. The summed E-state index contributed by atoms with van der Waals surface area (Å²) in [5.41, 5.74) is -1.12. The van der Waals surface area contributed by atoms with E-state index in [9.17, 15) is 45.2 Å². The van der Waals surface area contributed by atoms with E-state index in [1.165, 1.54) is 0 Å². The summed E-state index contributed by atoms with van der Waals surface area (Å²) in [4.78, 5) is 51.3. The number of esters is 1. The minimum Gasteiger partial charge on any atom is -0.465 e. The van der Waals surface area contributed by atoms with E-state index in [4.69, 9.17) is 4.55 Å². The molecule has 4 rings (SSSR count). The maximum atomic E-state index is 13.6. The van der Waals surface area contributed by atoms with E-state index in [1.54, 1.807) is 0 Å². The lowest BCUT2D eigenvalue weighted by Crippen LogP contribution is -2.59. The Hall–Kier alpha value is -1.89. The normalized spacial score (nSPS) is 37.2. The second-order valence-electron chi connectivity index (χ2n) is 12.2. The van der Waals surface area contributed by atoms with E-state index >= 15 is 0 Å². The van der Waals surface area contributed by atoms with Crippen molar-refractivity contribution in [1.29, 1.82) is 0 Å². The topological polar surface area (TPSA) is 132 Å². The van der Waals surface area contributed by atoms with Crippen LogP contribution in [-0.4, -0.2) is 54.1 Å². The molecule has 0 spiro atoms. The Balaban J connectivity index is 1.38. The largest absolute Gasteiger partial charge is 0.465 e. The van der Waals surface area contributed by atoms with Gasteiger partial charge in [-0.2, -0.15) is 26.0 Å². The number of hydrogen-bond acceptors (Lipinski definition) is 7. The summed E-state index contributed by atoms with van der Waals surface area (Å²) in [5, 5.41) is -5.74. The van der Waals surface area contributed by atoms with Crippen LogP contribution in [0.15, 0.2) is 0 Å². The molecule has 0 amide bonds. The third-order valence-electron chi connectivity index (χ3n) is 10.5. The van der Waals surface area contributed by atoms with Gasteiger partial charge in [0.2, 0.25) is 0 Å². The quantitative estimate of drug-likeness (QED) is 0.253. The minimum atomic E-state index is -6.38. The highest BCUT2D eigenvalue weighted by Gasteiger charge is 2.66. The molecule has 39 heavy (non-hydrogen) atoms. The molecule has 4 aliphatic carbocycles. The molecule has 4 aliphatic rings. The van der Waals surface area contributed by atoms with E-state index < -0.39 is 45.7 Å². The Morgan fingerprint density at radius 3 is 2.36 bits per heavy atom. The number of carbonyl (C=O) groups is 4. The van der Waals surface area contributed by atoms with Crippen LogP contribution < -0.4 is 0 Å². The maximum absolute atomic E-state index is 13.6. The summed E-state index contributed by atoms with van der Waals surface area (Å²) >= 11 is 0. The molecule has 0 aromatic rings. The van der Waals surface area contributed by atoms with Crippen molar-refractivity contribution in [2.75, 3.05) is 6.61 Å². The van der Waals surface area contributed by atoms with Crippen LogP contribution in [0.2, 0.25) is 0 Å². The molecule has 0 aromatic heterocycles. The standard InChI is InChI=1S/C26H34F4O8S/c1-23-8-7-16(31)11-15(23)12-19(32)22-17-5-3-14(24(17,2)20(33)13-18(22)23)4-6-21(34)38-10-9-25(27,28)26(29,30)39(35,36)37/h14-15,17-18,22H,3-13H2,1-2H3,(H,35,36,37)/t14?,15?,17?,18?,22?,23-,24+/m0/s1. The molecule has 0 heterocycles. The van der Waals surface area contributed by atoms with Gasteiger partial charge >= 0.3 is 27.3 Å². The molecule has 220 valence electrons. The summed E-state index contributed by atoms with van der Waals surface area (Å²) in [7, 11) is -6.38. The van der Waals surface area contributed by atoms with Crippen molar-refractivity contribution in [2.24, 2.45) is 40.4 Å². The highest BCUT2D eigenvalue weighted by atomic mass is 32.2. The number of carbonyl (C=O) groups excluding carboxylic acids is 4. The monoisotopic (exact) mass is 582 g/mol. The number of rotatable bonds is 8. The first-order valence-electron chi connectivity index (χ1n) is 13.3. The molecule has 1 N–H and O–H groups in total. The van der Waals surface area contributed by atoms with Gasteiger partial charge < -0.3 is 4.74 Å². The van der Waals surface area contributed by atoms with Crippen LogP contribution in [0.3, 0.4) is 0 Å². The Morgan fingerprint density at radius 2 is 1.72 bits per heavy atom. The number of hydrogen-bond donors (Lipinski definition) is 1. The second-order valence-corrected chi connectivity index (χ2v) is 13.7. The highest BCUT2D eigenvalue weighted by Crippen LogP contribution is 2.65. The van der Waals surface area contributed by atoms with Gasteiger partial charge in [-0.15, -0.1) is 0 Å². The van der Waals surface area contributed by atoms with E-state index in [0.29, 0.717) is 38.5 Å². The summed E-state index contributed by atoms with van der Waals surface area (Å²) in [6.07, 6.45) is 1.30. The third-order valence-corrected chi connectivity index (χ3v) is 11.4. The number of fused-ring (bicyclic) bond motifs is 5. The van der Waals surface area contributed by atoms with Crippen molar-refractivity contribution in [2.45, 2.75) is 89.2 Å². The average molecular weight is 583 g/mol. The smallest absolute Gasteiger partial charge is 0.431 e. The Labute approximate surface area is 224 Å². The van der Waals surface area contributed by atoms with Gasteiger partial charge in [-0.3, -0.25) is 23.7 Å². The van der Waals surface area contributed by atoms with Crippen molar-refractivity contribution in [3.8, 4) is 0 Å². The van der Waals surface area contributed by atoms with E-state index in [0.717, 1.165) is 0 Å². The number of Topliss-reactive ketones (excluding diaryl/α,β-unsaturated/α-hetero) is 3. The summed E-state index contributed by atoms with van der Waals surface area (Å²) in [6, 6.07) is 0. The van der Waals surface area contributed by atoms with Crippen LogP contribution in [0.25, 0.3) is 0 Å². The fourth-order valence-corrected chi connectivity index (χ4v) is 8.50. The SMILES string of the molecule is C[C@]12CCC(=O)CC1CC(=O)C1C2CC(=O)[C@]2(C)C(CCC(=O)OCCC(F)(F)C(F)(F)S(=O)(=O)O)CCC12. The average Bonchev–Trinajstić information content (AvgIpc) is 3.16. The third kappa shape index (κ3) is 4.85. The first kappa shape index (κ1) is 30.1. The molecule has 0 aliphatic heterocycles. The van der Waals surface area contributed by atoms with Crippen molar-refractivity contribution in [1.82, 2.24) is 0 Å². The molecule has 0 radical (unpaired) electrons. The van der Waals surface area contributed by atoms with Gasteiger partial charge in [0.15, 0.2) is 0 Å². The van der Waals surface area contributed by atoms with Crippen LogP contribution in [0.4, 0.5) is 17.6 Å². The summed E-state index contributed by atoms with van der Waals surface area (Å²) in [6.45, 7) is 2.73. The van der Waals surface area contributed by atoms with Gasteiger partial charge in [0.1, 0.15) is 17.3 Å². The zero-order chi connectivity index (χ0) is 29.2. The van der Waals surface area contributed by atoms with Gasteiger partial charge in [-0.25, -0.2) is 0 Å². The fraction of sp³-hybridized carbons (Fsp3) is 0.846. The highest BCUT2D eigenvalue weighted by molar-refractivity contribution is 7.87. The second kappa shape index (κ2) is 9.88. The first-order chi connectivity index (χ1) is 17.9. The molecule has 7 atom stereocenters. The van der Waals surface area contributed by atoms with Gasteiger partial charge in [-0.1, -0.05) is 13.8 Å². The molecule has 5 unspecified atom stereocenters. The van der Waals surface area contributed by atoms with E-state index in [1.807, 2.05) is 6.92 Å². The van der Waals surface area contributed by atoms with Gasteiger partial charge in [-0.05, 0) is 54.8 Å². The molecule has 0 bridgehead atoms. The molecular formula is C26H34F4O8S. The zero-order valence-electron chi connectivity index (χ0n) is 21.9. The zero-order valence-corrected chi connectivity index (χ0v) is 22.7. The van der Waals surface area contributed by atoms with Crippen molar-refractivity contribution in [3.05, 3.63) is 0 Å². The lowest BCUT2D eigenvalue weighted by atomic mass is 9.44. The molecule has 8 nitrogen and oxygen atoms in total. The number of alkyl halides is 4. The van der Waals surface area contributed by atoms with Crippen molar-refractivity contribution < 1.29 is 54.4 Å². The predicted octanol–water partition coefficient (Wildman–Crippen LogP) is 4.40. The van der Waals surface area contributed by atoms with Crippen LogP contribution in [0.5, 0.6) is 0 Å². The van der Waals surface area contributed by atoms with Crippen LogP contribution in [-0.2, 0) is 34.0 Å². The molecular weight excluding hydrogens is 548 g/mol. The Kier molecular flexibility index (Phi) is 7.62. The summed E-state index contributed by atoms with van der Waals surface area (Å²) in [5.74, 6) is -6.82. The van der Waals surface area contributed by atoms with Crippen molar-refractivity contribution in [3.63, 3.8) is 0 Å². The molecule has 13 heteroatoms. The van der Waals surface area contributed by atoms with Crippen LogP contribution in [0.1, 0.15) is 78.1 Å². The molecule has 0 aromatic carbocycles. The minimum absolute atomic E-state index is 0.0169. The van der Waals surface area contributed by atoms with Gasteiger partial charge in [0.25, 0.3) is 0 Å². The van der Waals surface area contributed by atoms with Crippen molar-refractivity contribution >= 4 is 33.4 Å². The number of ketones is 3. The summed E-state index contributed by atoms with van der Waals surface area (Å²) < 4.78 is 88.0. The fourth-order valence-electron chi connectivity index (χ4n) is 8.02. The lowest BCUT2D eigenvalue weighted by Gasteiger charge is -2.58. The van der Waals surface area contributed by atoms with Gasteiger partial charge in [0.05, 0.1) is 13.0 Å². The van der Waals surface area contributed by atoms with Gasteiger partial charge in [0, 0.05) is 43.4 Å². The Morgan fingerprint density at radius 1 is 1.05 bits per heavy atom. The van der Waals surface area contributed by atoms with Crippen LogP contribution in [0, 0.1) is 40.4 Å². The first-order valence-corrected chi connectivity index (χ1v) is 14.8. The molecule has 4 fully saturated rings. The number of ether oxygens (including phenoxy) is 1. The predicted molar refractivity (Wildman–Crippen MR) is 127 cm³/mol.